The van der Waals surface area contributed by atoms with E-state index in [0.29, 0.717) is 30.8 Å². The number of hydrogen-bond donors (Lipinski definition) is 1. The molecule has 2 N–H and O–H groups in total. The van der Waals surface area contributed by atoms with Crippen LogP contribution in [-0.4, -0.2) is 23.4 Å². The molecule has 1 atom stereocenters. The predicted molar refractivity (Wildman–Crippen MR) is 77.2 cm³/mol. The zero-order chi connectivity index (χ0) is 14.5. The van der Waals surface area contributed by atoms with E-state index in [1.165, 1.54) is 5.56 Å². The third-order valence-corrected chi connectivity index (χ3v) is 3.10. The molecule has 0 radical (unpaired) electrons. The Labute approximate surface area is 119 Å². The molecule has 0 saturated heterocycles. The Kier molecular flexibility index (Phi) is 4.87. The summed E-state index contributed by atoms with van der Waals surface area (Å²) in [6.07, 6.45) is 0. The van der Waals surface area contributed by atoms with Gasteiger partial charge in [-0.25, -0.2) is 0 Å². The lowest BCUT2D eigenvalue weighted by molar-refractivity contribution is 0.130. The van der Waals surface area contributed by atoms with Gasteiger partial charge in [0, 0.05) is 12.2 Å². The van der Waals surface area contributed by atoms with E-state index in [0.717, 1.165) is 5.56 Å². The van der Waals surface area contributed by atoms with Crippen molar-refractivity contribution in [1.82, 2.24) is 10.1 Å². The van der Waals surface area contributed by atoms with E-state index < -0.39 is 0 Å². The topological polar surface area (TPSA) is 74.2 Å². The lowest BCUT2D eigenvalue weighted by Crippen LogP contribution is -2.18. The van der Waals surface area contributed by atoms with Crippen molar-refractivity contribution in [2.75, 3.05) is 13.2 Å². The maximum absolute atomic E-state index is 5.93. The average molecular weight is 275 g/mol. The van der Waals surface area contributed by atoms with Crippen LogP contribution in [0.4, 0.5) is 0 Å². The molecule has 0 aliphatic carbocycles. The molecule has 5 heteroatoms. The molecular formula is C15H21N3O2. The summed E-state index contributed by atoms with van der Waals surface area (Å²) in [6.45, 7) is 7.25. The molecule has 2 rings (SSSR count). The van der Waals surface area contributed by atoms with Crippen molar-refractivity contribution >= 4 is 0 Å². The highest BCUT2D eigenvalue weighted by Gasteiger charge is 2.15. The normalized spacial score (nSPS) is 12.8. The fourth-order valence-corrected chi connectivity index (χ4v) is 1.83. The number of aromatic nitrogens is 2. The van der Waals surface area contributed by atoms with Gasteiger partial charge in [0.15, 0.2) is 5.82 Å². The highest BCUT2D eigenvalue weighted by molar-refractivity contribution is 5.53. The summed E-state index contributed by atoms with van der Waals surface area (Å²) in [6, 6.07) is 7.76. The lowest BCUT2D eigenvalue weighted by Gasteiger charge is -2.05. The third kappa shape index (κ3) is 3.43. The molecule has 108 valence electrons. The second-order valence-corrected chi connectivity index (χ2v) is 5.00. The van der Waals surface area contributed by atoms with Crippen LogP contribution in [-0.2, 0) is 4.74 Å². The van der Waals surface area contributed by atoms with Gasteiger partial charge in [-0.05, 0) is 30.5 Å². The standard InChI is InChI=1S/C15H21N3O2/c1-4-19-9-13(16)14-17-15(20-18-14)12-7-5-11(6-8-12)10(2)3/h5-8,10,13H,4,9,16H2,1-3H3. The molecule has 0 aliphatic heterocycles. The van der Waals surface area contributed by atoms with Crippen LogP contribution in [0.3, 0.4) is 0 Å². The van der Waals surface area contributed by atoms with Crippen molar-refractivity contribution in [2.45, 2.75) is 32.7 Å². The summed E-state index contributed by atoms with van der Waals surface area (Å²) in [4.78, 5) is 4.33. The Morgan fingerprint density at radius 3 is 2.55 bits per heavy atom. The summed E-state index contributed by atoms with van der Waals surface area (Å²) in [7, 11) is 0. The molecule has 0 amide bonds. The van der Waals surface area contributed by atoms with Gasteiger partial charge in [0.25, 0.3) is 5.89 Å². The molecule has 0 bridgehead atoms. The van der Waals surface area contributed by atoms with Crippen LogP contribution in [0.5, 0.6) is 0 Å². The van der Waals surface area contributed by atoms with Crippen LogP contribution in [0.2, 0.25) is 0 Å². The average Bonchev–Trinajstić information content (AvgIpc) is 2.94. The summed E-state index contributed by atoms with van der Waals surface area (Å²) in [5, 5.41) is 3.91. The van der Waals surface area contributed by atoms with Crippen LogP contribution >= 0.6 is 0 Å². The zero-order valence-corrected chi connectivity index (χ0v) is 12.2. The second kappa shape index (κ2) is 6.63. The van der Waals surface area contributed by atoms with Gasteiger partial charge in [-0.15, -0.1) is 0 Å². The van der Waals surface area contributed by atoms with E-state index in [-0.39, 0.29) is 6.04 Å². The number of benzene rings is 1. The van der Waals surface area contributed by atoms with E-state index in [4.69, 9.17) is 15.0 Å². The van der Waals surface area contributed by atoms with Gasteiger partial charge in [-0.3, -0.25) is 0 Å². The molecule has 1 heterocycles. The molecule has 2 aromatic rings. The highest BCUT2D eigenvalue weighted by atomic mass is 16.5. The molecule has 1 aromatic carbocycles. The zero-order valence-electron chi connectivity index (χ0n) is 12.2. The first kappa shape index (κ1) is 14.7. The smallest absolute Gasteiger partial charge is 0.257 e. The van der Waals surface area contributed by atoms with E-state index in [2.05, 4.69) is 36.1 Å². The Bertz CT molecular complexity index is 534. The van der Waals surface area contributed by atoms with Crippen molar-refractivity contribution in [3.8, 4) is 11.5 Å². The van der Waals surface area contributed by atoms with Gasteiger partial charge in [-0.2, -0.15) is 4.98 Å². The Morgan fingerprint density at radius 1 is 1.25 bits per heavy atom. The van der Waals surface area contributed by atoms with Crippen LogP contribution in [0.25, 0.3) is 11.5 Å². The summed E-state index contributed by atoms with van der Waals surface area (Å²) in [5.74, 6) is 1.46. The molecule has 1 unspecified atom stereocenters. The SMILES string of the molecule is CCOCC(N)c1noc(-c2ccc(C(C)C)cc2)n1. The van der Waals surface area contributed by atoms with Crippen molar-refractivity contribution in [3.63, 3.8) is 0 Å². The first-order valence-corrected chi connectivity index (χ1v) is 6.89. The first-order chi connectivity index (χ1) is 9.61. The number of nitrogens with two attached hydrogens (primary N) is 1. The maximum Gasteiger partial charge on any atom is 0.257 e. The van der Waals surface area contributed by atoms with Gasteiger partial charge in [0.2, 0.25) is 0 Å². The predicted octanol–water partition coefficient (Wildman–Crippen LogP) is 2.90. The highest BCUT2D eigenvalue weighted by Crippen LogP contribution is 2.22. The molecule has 0 fully saturated rings. The number of hydrogen-bond acceptors (Lipinski definition) is 5. The Morgan fingerprint density at radius 2 is 1.95 bits per heavy atom. The van der Waals surface area contributed by atoms with Crippen molar-refractivity contribution in [1.29, 1.82) is 0 Å². The van der Waals surface area contributed by atoms with Gasteiger partial charge in [0.1, 0.15) is 0 Å². The van der Waals surface area contributed by atoms with Crippen molar-refractivity contribution < 1.29 is 9.26 Å². The molecule has 20 heavy (non-hydrogen) atoms. The molecular weight excluding hydrogens is 254 g/mol. The minimum absolute atomic E-state index is 0.359. The number of ether oxygens (including phenoxy) is 1. The summed E-state index contributed by atoms with van der Waals surface area (Å²) >= 11 is 0. The largest absolute Gasteiger partial charge is 0.380 e. The minimum Gasteiger partial charge on any atom is -0.380 e. The van der Waals surface area contributed by atoms with Gasteiger partial charge in [0.05, 0.1) is 12.6 Å². The maximum atomic E-state index is 5.93. The van der Waals surface area contributed by atoms with E-state index >= 15 is 0 Å². The molecule has 1 aromatic heterocycles. The van der Waals surface area contributed by atoms with Crippen LogP contribution in [0, 0.1) is 0 Å². The molecule has 0 spiro atoms. The summed E-state index contributed by atoms with van der Waals surface area (Å²) in [5.41, 5.74) is 8.11. The van der Waals surface area contributed by atoms with Gasteiger partial charge < -0.3 is 15.0 Å². The Hall–Kier alpha value is -1.72. The van der Waals surface area contributed by atoms with E-state index in [1.54, 1.807) is 0 Å². The molecule has 5 nitrogen and oxygen atoms in total. The second-order valence-electron chi connectivity index (χ2n) is 5.00. The van der Waals surface area contributed by atoms with E-state index in [9.17, 15) is 0 Å². The van der Waals surface area contributed by atoms with Crippen molar-refractivity contribution in [3.05, 3.63) is 35.7 Å². The van der Waals surface area contributed by atoms with E-state index in [1.807, 2.05) is 19.1 Å². The van der Waals surface area contributed by atoms with Crippen LogP contribution in [0.1, 0.15) is 44.1 Å². The fourth-order valence-electron chi connectivity index (χ4n) is 1.83. The van der Waals surface area contributed by atoms with Gasteiger partial charge in [-0.1, -0.05) is 31.1 Å². The minimum atomic E-state index is -0.359. The summed E-state index contributed by atoms with van der Waals surface area (Å²) < 4.78 is 10.5. The fraction of sp³-hybridized carbons (Fsp3) is 0.467. The van der Waals surface area contributed by atoms with Gasteiger partial charge >= 0.3 is 0 Å². The third-order valence-electron chi connectivity index (χ3n) is 3.10. The quantitative estimate of drug-likeness (QED) is 0.877. The number of rotatable bonds is 6. The number of nitrogens with zero attached hydrogens (tertiary/aromatic N) is 2. The monoisotopic (exact) mass is 275 g/mol. The molecule has 0 aliphatic rings. The van der Waals surface area contributed by atoms with Crippen LogP contribution in [0.15, 0.2) is 28.8 Å². The lowest BCUT2D eigenvalue weighted by atomic mass is 10.0. The molecule has 0 saturated carbocycles. The Balaban J connectivity index is 2.11. The first-order valence-electron chi connectivity index (χ1n) is 6.89. The van der Waals surface area contributed by atoms with Crippen LogP contribution < -0.4 is 5.73 Å². The van der Waals surface area contributed by atoms with Crippen molar-refractivity contribution in [2.24, 2.45) is 5.73 Å².